The Hall–Kier alpha value is -2.25. The lowest BCUT2D eigenvalue weighted by atomic mass is 10.0. The summed E-state index contributed by atoms with van der Waals surface area (Å²) in [6.45, 7) is 0.513. The summed E-state index contributed by atoms with van der Waals surface area (Å²) in [5.74, 6) is -0.396. The minimum Gasteiger partial charge on any atom is -0.490 e. The molecule has 0 amide bonds. The third-order valence-corrected chi connectivity index (χ3v) is 3.36. The van der Waals surface area contributed by atoms with Gasteiger partial charge in [-0.15, -0.1) is 13.2 Å². The van der Waals surface area contributed by atoms with Crippen LogP contribution in [0.15, 0.2) is 42.5 Å². The van der Waals surface area contributed by atoms with Crippen molar-refractivity contribution in [3.63, 3.8) is 0 Å². The molecule has 25 heavy (non-hydrogen) atoms. The van der Waals surface area contributed by atoms with Gasteiger partial charge in [-0.1, -0.05) is 24.3 Å². The summed E-state index contributed by atoms with van der Waals surface area (Å²) in [6, 6.07) is 11.3. The number of rotatable bonds is 8. The minimum atomic E-state index is -4.80. The predicted octanol–water partition coefficient (Wildman–Crippen LogP) is 4.16. The molecule has 0 aliphatic rings. The highest BCUT2D eigenvalue weighted by Crippen LogP contribution is 2.36. The lowest BCUT2D eigenvalue weighted by Gasteiger charge is -2.15. The monoisotopic (exact) mass is 356 g/mol. The molecular formula is C18H19F3O4. The van der Waals surface area contributed by atoms with Crippen molar-refractivity contribution in [2.75, 3.05) is 20.3 Å². The zero-order valence-electron chi connectivity index (χ0n) is 13.7. The first-order valence-corrected chi connectivity index (χ1v) is 7.64. The van der Waals surface area contributed by atoms with Crippen molar-refractivity contribution >= 4 is 0 Å². The first kappa shape index (κ1) is 19.1. The number of methoxy groups -OCH3 is 1. The van der Waals surface area contributed by atoms with Gasteiger partial charge in [0.1, 0.15) is 0 Å². The van der Waals surface area contributed by atoms with Crippen LogP contribution in [0.2, 0.25) is 0 Å². The van der Waals surface area contributed by atoms with Crippen LogP contribution in [0.5, 0.6) is 11.5 Å². The maximum absolute atomic E-state index is 12.6. The van der Waals surface area contributed by atoms with Crippen LogP contribution in [0.1, 0.15) is 12.0 Å². The van der Waals surface area contributed by atoms with Gasteiger partial charge in [0.25, 0.3) is 0 Å². The number of hydrogen-bond donors (Lipinski definition) is 1. The molecule has 0 fully saturated rings. The van der Waals surface area contributed by atoms with Crippen molar-refractivity contribution in [1.29, 1.82) is 0 Å². The topological polar surface area (TPSA) is 47.9 Å². The number of aliphatic hydroxyl groups is 1. The molecule has 0 unspecified atom stereocenters. The van der Waals surface area contributed by atoms with Crippen LogP contribution >= 0.6 is 0 Å². The molecular weight excluding hydrogens is 337 g/mol. The zero-order chi connectivity index (χ0) is 18.3. The first-order chi connectivity index (χ1) is 11.9. The van der Waals surface area contributed by atoms with E-state index in [0.29, 0.717) is 24.2 Å². The van der Waals surface area contributed by atoms with E-state index in [9.17, 15) is 18.3 Å². The maximum Gasteiger partial charge on any atom is 0.573 e. The van der Waals surface area contributed by atoms with Crippen molar-refractivity contribution in [2.24, 2.45) is 0 Å². The summed E-state index contributed by atoms with van der Waals surface area (Å²) in [5.41, 5.74) is 2.12. The van der Waals surface area contributed by atoms with E-state index < -0.39 is 12.1 Å². The molecule has 4 nitrogen and oxygen atoms in total. The first-order valence-electron chi connectivity index (χ1n) is 7.64. The smallest absolute Gasteiger partial charge is 0.490 e. The van der Waals surface area contributed by atoms with Crippen LogP contribution in [0.3, 0.4) is 0 Å². The summed E-state index contributed by atoms with van der Waals surface area (Å²) in [7, 11) is 1.53. The number of aliphatic hydroxyl groups excluding tert-OH is 1. The fourth-order valence-corrected chi connectivity index (χ4v) is 2.24. The Morgan fingerprint density at radius 2 is 1.72 bits per heavy atom. The lowest BCUT2D eigenvalue weighted by molar-refractivity contribution is -0.275. The Bertz CT molecular complexity index is 686. The fraction of sp³-hybridized carbons (Fsp3) is 0.333. The largest absolute Gasteiger partial charge is 0.573 e. The van der Waals surface area contributed by atoms with Crippen LogP contribution in [-0.2, 0) is 11.3 Å². The molecule has 0 saturated carbocycles. The van der Waals surface area contributed by atoms with E-state index in [-0.39, 0.29) is 19.0 Å². The molecule has 0 aliphatic carbocycles. The Labute approximate surface area is 143 Å². The summed E-state index contributed by atoms with van der Waals surface area (Å²) < 4.78 is 52.1. The highest BCUT2D eigenvalue weighted by molar-refractivity contribution is 5.67. The third-order valence-electron chi connectivity index (χ3n) is 3.36. The molecule has 0 aliphatic heterocycles. The summed E-state index contributed by atoms with van der Waals surface area (Å²) in [6.07, 6.45) is -4.27. The van der Waals surface area contributed by atoms with Gasteiger partial charge in [0.05, 0.1) is 13.2 Å². The van der Waals surface area contributed by atoms with E-state index in [2.05, 4.69) is 4.74 Å². The number of ether oxygens (including phenoxy) is 3. The number of halogens is 3. The van der Waals surface area contributed by atoms with Crippen LogP contribution in [0, 0.1) is 0 Å². The molecule has 1 N–H and O–H groups in total. The second kappa shape index (κ2) is 8.73. The van der Waals surface area contributed by atoms with Gasteiger partial charge in [0.2, 0.25) is 0 Å². The van der Waals surface area contributed by atoms with Crippen molar-refractivity contribution < 1.29 is 32.5 Å². The molecule has 0 atom stereocenters. The van der Waals surface area contributed by atoms with Gasteiger partial charge < -0.3 is 19.3 Å². The molecule has 0 spiro atoms. The van der Waals surface area contributed by atoms with Crippen LogP contribution < -0.4 is 9.47 Å². The Balaban J connectivity index is 2.29. The van der Waals surface area contributed by atoms with E-state index in [1.807, 2.05) is 0 Å². The van der Waals surface area contributed by atoms with Gasteiger partial charge in [-0.2, -0.15) is 0 Å². The van der Waals surface area contributed by atoms with Crippen LogP contribution in [0.4, 0.5) is 13.2 Å². The van der Waals surface area contributed by atoms with Crippen molar-refractivity contribution in [1.82, 2.24) is 0 Å². The predicted molar refractivity (Wildman–Crippen MR) is 86.5 cm³/mol. The molecule has 2 aromatic rings. The molecule has 136 valence electrons. The quantitative estimate of drug-likeness (QED) is 0.722. The van der Waals surface area contributed by atoms with Gasteiger partial charge in [-0.3, -0.25) is 0 Å². The van der Waals surface area contributed by atoms with Crippen LogP contribution in [-0.4, -0.2) is 31.8 Å². The summed E-state index contributed by atoms with van der Waals surface area (Å²) in [4.78, 5) is 0. The minimum absolute atomic E-state index is 0.000305. The van der Waals surface area contributed by atoms with Crippen LogP contribution in [0.25, 0.3) is 11.1 Å². The molecule has 0 saturated heterocycles. The van der Waals surface area contributed by atoms with E-state index in [4.69, 9.17) is 9.47 Å². The van der Waals surface area contributed by atoms with E-state index in [1.165, 1.54) is 25.3 Å². The molecule has 0 heterocycles. The molecule has 0 bridgehead atoms. The van der Waals surface area contributed by atoms with Gasteiger partial charge in [0.15, 0.2) is 11.5 Å². The maximum atomic E-state index is 12.6. The highest BCUT2D eigenvalue weighted by atomic mass is 19.4. The number of hydrogen-bond acceptors (Lipinski definition) is 4. The van der Waals surface area contributed by atoms with E-state index >= 15 is 0 Å². The van der Waals surface area contributed by atoms with Crippen molar-refractivity contribution in [3.8, 4) is 22.6 Å². The Morgan fingerprint density at radius 1 is 0.960 bits per heavy atom. The molecule has 2 aromatic carbocycles. The normalized spacial score (nSPS) is 11.4. The van der Waals surface area contributed by atoms with Crippen molar-refractivity contribution in [2.45, 2.75) is 19.4 Å². The van der Waals surface area contributed by atoms with Gasteiger partial charge in [0, 0.05) is 20.1 Å². The zero-order valence-corrected chi connectivity index (χ0v) is 13.7. The van der Waals surface area contributed by atoms with Gasteiger partial charge in [-0.05, 0) is 34.9 Å². The second-order valence-corrected chi connectivity index (χ2v) is 5.26. The highest BCUT2D eigenvalue weighted by Gasteiger charge is 2.32. The molecule has 2 rings (SSSR count). The third kappa shape index (κ3) is 5.95. The second-order valence-electron chi connectivity index (χ2n) is 5.26. The molecule has 7 heteroatoms. The standard InChI is InChI=1S/C18H19F3O4/c1-23-8-3-9-24-17-11-15(6-7-16(17)25-18(19,20)21)14-5-2-4-13(10-14)12-22/h2,4-7,10-11,22H,3,8-9,12H2,1H3. The summed E-state index contributed by atoms with van der Waals surface area (Å²) in [5, 5.41) is 9.22. The Morgan fingerprint density at radius 3 is 2.40 bits per heavy atom. The number of alkyl halides is 3. The average Bonchev–Trinajstić information content (AvgIpc) is 2.58. The van der Waals surface area contributed by atoms with E-state index in [1.54, 1.807) is 24.3 Å². The molecule has 0 aromatic heterocycles. The average molecular weight is 356 g/mol. The molecule has 0 radical (unpaired) electrons. The number of benzene rings is 2. The lowest BCUT2D eigenvalue weighted by Crippen LogP contribution is -2.18. The Kier molecular flexibility index (Phi) is 6.66. The van der Waals surface area contributed by atoms with Crippen molar-refractivity contribution in [3.05, 3.63) is 48.0 Å². The fourth-order valence-electron chi connectivity index (χ4n) is 2.24. The van der Waals surface area contributed by atoms with Gasteiger partial charge >= 0.3 is 6.36 Å². The SMILES string of the molecule is COCCCOc1cc(-c2cccc(CO)c2)ccc1OC(F)(F)F. The van der Waals surface area contributed by atoms with E-state index in [0.717, 1.165) is 5.56 Å². The van der Waals surface area contributed by atoms with Gasteiger partial charge in [-0.25, -0.2) is 0 Å². The summed E-state index contributed by atoms with van der Waals surface area (Å²) >= 11 is 0.